The van der Waals surface area contributed by atoms with Gasteiger partial charge in [-0.25, -0.2) is 0 Å². The van der Waals surface area contributed by atoms with Crippen LogP contribution < -0.4 is 0 Å². The number of rotatable bonds is 3. The van der Waals surface area contributed by atoms with Gasteiger partial charge in [0.25, 0.3) is 0 Å². The molecule has 1 atom stereocenters. The molecule has 0 aromatic heterocycles. The fourth-order valence-corrected chi connectivity index (χ4v) is 2.25. The summed E-state index contributed by atoms with van der Waals surface area (Å²) in [7, 11) is -0.350. The molecule has 98 valence electrons. The molecule has 4 heteroatoms. The van der Waals surface area contributed by atoms with Crippen molar-refractivity contribution in [3.05, 3.63) is 35.9 Å². The van der Waals surface area contributed by atoms with Gasteiger partial charge in [-0.2, -0.15) is 0 Å². The molecule has 18 heavy (non-hydrogen) atoms. The lowest BCUT2D eigenvalue weighted by Gasteiger charge is -2.32. The Morgan fingerprint density at radius 3 is 2.06 bits per heavy atom. The van der Waals surface area contributed by atoms with Crippen molar-refractivity contribution in [1.82, 2.24) is 0 Å². The molecule has 0 aliphatic carbocycles. The van der Waals surface area contributed by atoms with Crippen molar-refractivity contribution in [3.8, 4) is 0 Å². The van der Waals surface area contributed by atoms with Crippen molar-refractivity contribution in [3.63, 3.8) is 0 Å². The molecule has 1 aromatic rings. The molecule has 0 radical (unpaired) electrons. The van der Waals surface area contributed by atoms with Gasteiger partial charge in [0.05, 0.1) is 16.5 Å². The van der Waals surface area contributed by atoms with Gasteiger partial charge >= 0.3 is 7.12 Å². The maximum atomic E-state index is 6.43. The maximum Gasteiger partial charge on any atom is 0.477 e. The summed E-state index contributed by atoms with van der Waals surface area (Å²) >= 11 is 6.43. The molecular formula is C14H20BClO2. The Labute approximate surface area is 115 Å². The largest absolute Gasteiger partial charge is 0.477 e. The first-order valence-electron chi connectivity index (χ1n) is 6.35. The highest BCUT2D eigenvalue weighted by atomic mass is 35.5. The predicted molar refractivity (Wildman–Crippen MR) is 75.9 cm³/mol. The highest BCUT2D eigenvalue weighted by molar-refractivity contribution is 6.60. The van der Waals surface area contributed by atoms with E-state index in [-0.39, 0.29) is 23.6 Å². The van der Waals surface area contributed by atoms with E-state index in [0.717, 1.165) is 6.42 Å². The zero-order chi connectivity index (χ0) is 13.4. The van der Waals surface area contributed by atoms with E-state index in [0.29, 0.717) is 0 Å². The van der Waals surface area contributed by atoms with E-state index in [1.807, 2.05) is 45.9 Å². The van der Waals surface area contributed by atoms with Gasteiger partial charge in [0.15, 0.2) is 0 Å². The van der Waals surface area contributed by atoms with Crippen LogP contribution in [0.25, 0.3) is 0 Å². The topological polar surface area (TPSA) is 18.5 Å². The van der Waals surface area contributed by atoms with Crippen LogP contribution in [-0.4, -0.2) is 23.6 Å². The van der Waals surface area contributed by atoms with Crippen LogP contribution in [0, 0.1) is 0 Å². The fourth-order valence-electron chi connectivity index (χ4n) is 1.97. The zero-order valence-electron chi connectivity index (χ0n) is 11.4. The second-order valence-electron chi connectivity index (χ2n) is 5.83. The molecule has 0 saturated carbocycles. The third-order valence-electron chi connectivity index (χ3n) is 3.84. The smallest absolute Gasteiger partial charge is 0.402 e. The summed E-state index contributed by atoms with van der Waals surface area (Å²) in [6.45, 7) is 8.16. The quantitative estimate of drug-likeness (QED) is 0.616. The molecule has 1 saturated heterocycles. The van der Waals surface area contributed by atoms with Crippen LogP contribution in [0.4, 0.5) is 0 Å². The predicted octanol–water partition coefficient (Wildman–Crippen LogP) is 3.47. The summed E-state index contributed by atoms with van der Waals surface area (Å²) < 4.78 is 11.9. The van der Waals surface area contributed by atoms with Gasteiger partial charge in [-0.3, -0.25) is 0 Å². The van der Waals surface area contributed by atoms with Gasteiger partial charge in [0.2, 0.25) is 0 Å². The molecule has 2 nitrogen and oxygen atoms in total. The number of hydrogen-bond acceptors (Lipinski definition) is 2. The fraction of sp³-hybridized carbons (Fsp3) is 0.571. The van der Waals surface area contributed by atoms with E-state index in [1.165, 1.54) is 5.56 Å². The molecule has 0 bridgehead atoms. The standard InChI is InChI=1S/C14H20BClO2/c1-13(2)14(3,4)18-15(17-13)12(16)10-11-8-6-5-7-9-11/h5-9,12H,10H2,1-4H3. The lowest BCUT2D eigenvalue weighted by atomic mass is 9.80. The van der Waals surface area contributed by atoms with Crippen LogP contribution in [0.3, 0.4) is 0 Å². The van der Waals surface area contributed by atoms with Crippen molar-refractivity contribution in [2.24, 2.45) is 0 Å². The minimum Gasteiger partial charge on any atom is -0.402 e. The van der Waals surface area contributed by atoms with Crippen molar-refractivity contribution < 1.29 is 9.31 Å². The average molecular weight is 267 g/mol. The molecule has 1 unspecified atom stereocenters. The number of benzene rings is 1. The molecule has 1 aromatic carbocycles. The van der Waals surface area contributed by atoms with Crippen LogP contribution in [0.1, 0.15) is 33.3 Å². The minimum absolute atomic E-state index is 0.173. The van der Waals surface area contributed by atoms with E-state index >= 15 is 0 Å². The third kappa shape index (κ3) is 2.74. The molecule has 0 N–H and O–H groups in total. The van der Waals surface area contributed by atoms with Crippen molar-refractivity contribution >= 4 is 18.7 Å². The molecule has 0 amide bonds. The Kier molecular flexibility index (Phi) is 3.77. The molecule has 1 aliphatic heterocycles. The Morgan fingerprint density at radius 1 is 1.06 bits per heavy atom. The normalized spacial score (nSPS) is 23.1. The van der Waals surface area contributed by atoms with Gasteiger partial charge in [-0.1, -0.05) is 30.3 Å². The Hall–Kier alpha value is -0.505. The van der Waals surface area contributed by atoms with Gasteiger partial charge in [0.1, 0.15) is 0 Å². The van der Waals surface area contributed by atoms with Gasteiger partial charge in [-0.05, 0) is 39.7 Å². The van der Waals surface area contributed by atoms with Crippen LogP contribution in [0.5, 0.6) is 0 Å². The highest BCUT2D eigenvalue weighted by Crippen LogP contribution is 2.38. The summed E-state index contributed by atoms with van der Waals surface area (Å²) in [6, 6.07) is 10.2. The van der Waals surface area contributed by atoms with E-state index in [9.17, 15) is 0 Å². The van der Waals surface area contributed by atoms with E-state index in [4.69, 9.17) is 20.9 Å². The highest BCUT2D eigenvalue weighted by Gasteiger charge is 2.53. The summed E-state index contributed by atoms with van der Waals surface area (Å²) in [5.41, 5.74) is 0.565. The third-order valence-corrected chi connectivity index (χ3v) is 4.20. The Balaban J connectivity index is 2.02. The summed E-state index contributed by atoms with van der Waals surface area (Å²) in [4.78, 5) is 0. The molecule has 0 spiro atoms. The van der Waals surface area contributed by atoms with Crippen LogP contribution in [-0.2, 0) is 15.7 Å². The molecule has 1 heterocycles. The Morgan fingerprint density at radius 2 is 1.56 bits per heavy atom. The first-order valence-corrected chi connectivity index (χ1v) is 6.79. The second-order valence-corrected chi connectivity index (χ2v) is 6.39. The van der Waals surface area contributed by atoms with Gasteiger partial charge in [-0.15, -0.1) is 11.6 Å². The van der Waals surface area contributed by atoms with Gasteiger partial charge in [0, 0.05) is 0 Å². The summed E-state index contributed by atoms with van der Waals surface area (Å²) in [5, 5.41) is -0.173. The molecular weight excluding hydrogens is 246 g/mol. The first kappa shape index (κ1) is 13.9. The zero-order valence-corrected chi connectivity index (χ0v) is 12.2. The van der Waals surface area contributed by atoms with E-state index < -0.39 is 0 Å². The minimum atomic E-state index is -0.350. The van der Waals surface area contributed by atoms with Crippen LogP contribution in [0.2, 0.25) is 0 Å². The summed E-state index contributed by atoms with van der Waals surface area (Å²) in [5.74, 6) is 0. The van der Waals surface area contributed by atoms with Gasteiger partial charge < -0.3 is 9.31 Å². The Bertz CT molecular complexity index is 390. The average Bonchev–Trinajstić information content (AvgIpc) is 2.50. The van der Waals surface area contributed by atoms with Crippen molar-refractivity contribution in [2.45, 2.75) is 50.6 Å². The molecule has 1 aliphatic rings. The number of alkyl halides is 1. The van der Waals surface area contributed by atoms with E-state index in [1.54, 1.807) is 0 Å². The first-order chi connectivity index (χ1) is 8.32. The SMILES string of the molecule is CC1(C)OB(C(Cl)Cc2ccccc2)OC1(C)C. The number of halogens is 1. The van der Waals surface area contributed by atoms with Crippen molar-refractivity contribution in [1.29, 1.82) is 0 Å². The molecule has 1 fully saturated rings. The van der Waals surface area contributed by atoms with E-state index in [2.05, 4.69) is 12.1 Å². The number of hydrogen-bond donors (Lipinski definition) is 0. The maximum absolute atomic E-state index is 6.43. The van der Waals surface area contributed by atoms with Crippen molar-refractivity contribution in [2.75, 3.05) is 0 Å². The van der Waals surface area contributed by atoms with Crippen LogP contribution in [0.15, 0.2) is 30.3 Å². The van der Waals surface area contributed by atoms with Crippen LogP contribution >= 0.6 is 11.6 Å². The summed E-state index contributed by atoms with van der Waals surface area (Å²) in [6.07, 6.45) is 0.749. The lowest BCUT2D eigenvalue weighted by Crippen LogP contribution is -2.41. The lowest BCUT2D eigenvalue weighted by molar-refractivity contribution is 0.00578. The molecule has 2 rings (SSSR count). The second kappa shape index (κ2) is 4.88. The monoisotopic (exact) mass is 266 g/mol.